The smallest absolute Gasteiger partial charge is 0.330 e. The van der Waals surface area contributed by atoms with Crippen LogP contribution in [0.3, 0.4) is 0 Å². The highest BCUT2D eigenvalue weighted by Crippen LogP contribution is 2.30. The predicted molar refractivity (Wildman–Crippen MR) is 148 cm³/mol. The van der Waals surface area contributed by atoms with Gasteiger partial charge < -0.3 is 5.32 Å². The Morgan fingerprint density at radius 1 is 1.17 bits per heavy atom. The predicted octanol–water partition coefficient (Wildman–Crippen LogP) is 4.92. The lowest BCUT2D eigenvalue weighted by molar-refractivity contribution is -0.118. The molecule has 2 aromatic heterocycles. The fourth-order valence-corrected chi connectivity index (χ4v) is 4.21. The molecule has 0 radical (unpaired) electrons. The standard InChI is InChI=1S/C29H37N5O2/c1-10-11-20(17-30-8)26(35)32-29(6,7)21-13-12-19(2)22(16-21)23-14-15-24-25(31-23)33(9)27(36)34(24)18-28(3,4)5/h10-17H,1,18H2,2-9H3,(H,32,35)/b20-11+,30-17?. The summed E-state index contributed by atoms with van der Waals surface area (Å²) in [6.07, 6.45) is 4.72. The van der Waals surface area contributed by atoms with Crippen molar-refractivity contribution in [2.75, 3.05) is 7.05 Å². The number of nitrogens with zero attached hydrogens (tertiary/aromatic N) is 4. The van der Waals surface area contributed by atoms with E-state index in [4.69, 9.17) is 4.98 Å². The Labute approximate surface area is 213 Å². The van der Waals surface area contributed by atoms with Crippen molar-refractivity contribution in [3.8, 4) is 11.3 Å². The number of aliphatic imine (C=N–C) groups is 1. The van der Waals surface area contributed by atoms with Crippen LogP contribution >= 0.6 is 0 Å². The normalized spacial score (nSPS) is 12.9. The van der Waals surface area contributed by atoms with Gasteiger partial charge in [-0.15, -0.1) is 0 Å². The minimum Gasteiger partial charge on any atom is -0.343 e. The van der Waals surface area contributed by atoms with E-state index in [1.54, 1.807) is 35.4 Å². The molecule has 0 aliphatic rings. The summed E-state index contributed by atoms with van der Waals surface area (Å²) in [6, 6.07) is 10.0. The number of hydrogen-bond acceptors (Lipinski definition) is 4. The molecule has 0 saturated carbocycles. The van der Waals surface area contributed by atoms with Crippen LogP contribution in [-0.2, 0) is 23.9 Å². The molecule has 0 saturated heterocycles. The van der Waals surface area contributed by atoms with Crippen molar-refractivity contribution in [3.63, 3.8) is 0 Å². The molecule has 7 heteroatoms. The summed E-state index contributed by atoms with van der Waals surface area (Å²) in [5.74, 6) is -0.234. The summed E-state index contributed by atoms with van der Waals surface area (Å²) >= 11 is 0. The highest BCUT2D eigenvalue weighted by Gasteiger charge is 2.25. The zero-order valence-corrected chi connectivity index (χ0v) is 22.6. The lowest BCUT2D eigenvalue weighted by atomic mass is 9.90. The van der Waals surface area contributed by atoms with E-state index in [-0.39, 0.29) is 17.0 Å². The SMILES string of the molecule is C=C/C=C(\C=NC)C(=O)NC(C)(C)c1ccc(C)c(-c2ccc3c(n2)n(C)c(=O)n3CC(C)(C)C)c1. The Kier molecular flexibility index (Phi) is 7.53. The van der Waals surface area contributed by atoms with Crippen molar-refractivity contribution in [2.45, 2.75) is 53.6 Å². The number of fused-ring (bicyclic) bond motifs is 1. The van der Waals surface area contributed by atoms with Gasteiger partial charge in [-0.25, -0.2) is 9.78 Å². The quantitative estimate of drug-likeness (QED) is 0.292. The molecule has 0 fully saturated rings. The summed E-state index contributed by atoms with van der Waals surface area (Å²) in [5, 5.41) is 3.10. The molecule has 0 aliphatic heterocycles. The molecule has 0 unspecified atom stereocenters. The van der Waals surface area contributed by atoms with E-state index >= 15 is 0 Å². The van der Waals surface area contributed by atoms with Crippen LogP contribution in [0.5, 0.6) is 0 Å². The largest absolute Gasteiger partial charge is 0.343 e. The third kappa shape index (κ3) is 5.56. The van der Waals surface area contributed by atoms with Gasteiger partial charge in [0.15, 0.2) is 5.65 Å². The van der Waals surface area contributed by atoms with Crippen molar-refractivity contribution < 1.29 is 4.79 Å². The minimum atomic E-state index is -0.658. The second-order valence-corrected chi connectivity index (χ2v) is 10.9. The summed E-state index contributed by atoms with van der Waals surface area (Å²) in [7, 11) is 3.38. The molecule has 2 heterocycles. The maximum atomic E-state index is 12.9. The van der Waals surface area contributed by atoms with E-state index in [2.05, 4.69) is 43.7 Å². The first-order chi connectivity index (χ1) is 16.8. The maximum absolute atomic E-state index is 12.9. The number of nitrogens with one attached hydrogen (secondary N) is 1. The van der Waals surface area contributed by atoms with Crippen molar-refractivity contribution in [1.82, 2.24) is 19.4 Å². The monoisotopic (exact) mass is 487 g/mol. The molecule has 0 atom stereocenters. The lowest BCUT2D eigenvalue weighted by Gasteiger charge is -2.28. The average molecular weight is 488 g/mol. The number of pyridine rings is 1. The van der Waals surface area contributed by atoms with Crippen molar-refractivity contribution in [2.24, 2.45) is 17.5 Å². The number of carbonyl (C=O) groups is 1. The van der Waals surface area contributed by atoms with Crippen LogP contribution in [0.2, 0.25) is 0 Å². The maximum Gasteiger partial charge on any atom is 0.330 e. The molecule has 0 bridgehead atoms. The first-order valence-corrected chi connectivity index (χ1v) is 12.0. The minimum absolute atomic E-state index is 0.0403. The molecule has 190 valence electrons. The average Bonchev–Trinajstić information content (AvgIpc) is 3.02. The van der Waals surface area contributed by atoms with E-state index in [9.17, 15) is 9.59 Å². The zero-order chi connectivity index (χ0) is 26.8. The lowest BCUT2D eigenvalue weighted by Crippen LogP contribution is -2.42. The summed E-state index contributed by atoms with van der Waals surface area (Å²) < 4.78 is 3.40. The van der Waals surface area contributed by atoms with Gasteiger partial charge in [0, 0.05) is 32.4 Å². The number of carbonyl (C=O) groups excluding carboxylic acids is 1. The topological polar surface area (TPSA) is 81.3 Å². The van der Waals surface area contributed by atoms with E-state index < -0.39 is 5.54 Å². The Morgan fingerprint density at radius 2 is 1.86 bits per heavy atom. The number of amides is 1. The Balaban J connectivity index is 2.05. The fraction of sp³-hybridized carbons (Fsp3) is 0.379. The number of aryl methyl sites for hydroxylation is 2. The Bertz CT molecular complexity index is 1430. The van der Waals surface area contributed by atoms with Crippen molar-refractivity contribution in [3.05, 3.63) is 76.2 Å². The summed E-state index contributed by atoms with van der Waals surface area (Å²) in [4.78, 5) is 34.7. The van der Waals surface area contributed by atoms with Gasteiger partial charge in [-0.3, -0.25) is 18.9 Å². The van der Waals surface area contributed by atoms with Gasteiger partial charge in [0.25, 0.3) is 5.91 Å². The first-order valence-electron chi connectivity index (χ1n) is 12.0. The number of allylic oxidation sites excluding steroid dienone is 2. The molecule has 1 aromatic carbocycles. The highest BCUT2D eigenvalue weighted by molar-refractivity contribution is 6.12. The third-order valence-electron chi connectivity index (χ3n) is 6.10. The van der Waals surface area contributed by atoms with Crippen molar-refractivity contribution in [1.29, 1.82) is 0 Å². The van der Waals surface area contributed by atoms with E-state index in [1.165, 1.54) is 6.21 Å². The van der Waals surface area contributed by atoms with E-state index in [0.717, 1.165) is 27.9 Å². The number of hydrogen-bond donors (Lipinski definition) is 1. The molecule has 1 amide bonds. The van der Waals surface area contributed by atoms with Gasteiger partial charge in [0.2, 0.25) is 0 Å². The fourth-order valence-electron chi connectivity index (χ4n) is 4.21. The molecule has 1 N–H and O–H groups in total. The summed E-state index contributed by atoms with van der Waals surface area (Å²) in [5.41, 5.74) is 4.84. The second-order valence-electron chi connectivity index (χ2n) is 10.9. The van der Waals surface area contributed by atoms with Gasteiger partial charge in [0.05, 0.1) is 22.3 Å². The third-order valence-corrected chi connectivity index (χ3v) is 6.10. The molecular formula is C29H37N5O2. The molecule has 7 nitrogen and oxygen atoms in total. The van der Waals surface area contributed by atoms with Crippen LogP contribution in [0.4, 0.5) is 0 Å². The highest BCUT2D eigenvalue weighted by atomic mass is 16.2. The first kappa shape index (κ1) is 26.9. The van der Waals surface area contributed by atoms with Crippen LogP contribution in [-0.4, -0.2) is 33.3 Å². The van der Waals surface area contributed by atoms with Gasteiger partial charge >= 0.3 is 5.69 Å². The number of rotatable bonds is 7. The second kappa shape index (κ2) is 10.1. The molecule has 36 heavy (non-hydrogen) atoms. The molecular weight excluding hydrogens is 450 g/mol. The molecule has 0 spiro atoms. The van der Waals surface area contributed by atoms with Crippen LogP contribution in [0.25, 0.3) is 22.4 Å². The van der Waals surface area contributed by atoms with Crippen LogP contribution in [0.1, 0.15) is 45.7 Å². The van der Waals surface area contributed by atoms with Crippen LogP contribution in [0.15, 0.2) is 64.4 Å². The Hall–Kier alpha value is -3.74. The van der Waals surface area contributed by atoms with Gasteiger partial charge in [-0.1, -0.05) is 45.6 Å². The number of aromatic nitrogens is 3. The van der Waals surface area contributed by atoms with E-state index in [0.29, 0.717) is 17.8 Å². The van der Waals surface area contributed by atoms with Gasteiger partial charge in [-0.05, 0) is 61.6 Å². The summed E-state index contributed by atoms with van der Waals surface area (Å²) in [6.45, 7) is 16.6. The van der Waals surface area contributed by atoms with Gasteiger partial charge in [-0.2, -0.15) is 0 Å². The van der Waals surface area contributed by atoms with Gasteiger partial charge in [0.1, 0.15) is 0 Å². The molecule has 0 aliphatic carbocycles. The Morgan fingerprint density at radius 3 is 2.47 bits per heavy atom. The van der Waals surface area contributed by atoms with Crippen LogP contribution < -0.4 is 11.0 Å². The zero-order valence-electron chi connectivity index (χ0n) is 22.6. The molecule has 3 aromatic rings. The molecule has 3 rings (SSSR count). The van der Waals surface area contributed by atoms with Crippen LogP contribution in [0, 0.1) is 12.3 Å². The number of imidazole rings is 1. The van der Waals surface area contributed by atoms with Crippen molar-refractivity contribution >= 4 is 23.3 Å². The van der Waals surface area contributed by atoms with E-state index in [1.807, 2.05) is 45.0 Å². The number of benzene rings is 1.